The van der Waals surface area contributed by atoms with Crippen molar-refractivity contribution < 1.29 is 10.0 Å². The fourth-order valence-electron chi connectivity index (χ4n) is 1.27. The van der Waals surface area contributed by atoms with Gasteiger partial charge in [0.05, 0.1) is 4.92 Å². The number of nitrogens with two attached hydrogens (primary N) is 1. The Hall–Kier alpha value is -1.62. The topological polar surface area (TPSA) is 89.4 Å². The van der Waals surface area contributed by atoms with Gasteiger partial charge in [-0.2, -0.15) is 0 Å². The van der Waals surface area contributed by atoms with E-state index in [0.717, 1.165) is 12.0 Å². The molecule has 1 aromatic rings. The van der Waals surface area contributed by atoms with Crippen LogP contribution in [0.4, 0.5) is 5.69 Å². The molecule has 0 unspecified atom stereocenters. The molecule has 5 nitrogen and oxygen atoms in total. The van der Waals surface area contributed by atoms with E-state index >= 15 is 0 Å². The van der Waals surface area contributed by atoms with Crippen molar-refractivity contribution in [2.24, 2.45) is 5.73 Å². The van der Waals surface area contributed by atoms with Gasteiger partial charge in [-0.25, -0.2) is 0 Å². The number of phenols is 1. The van der Waals surface area contributed by atoms with Gasteiger partial charge >= 0.3 is 5.69 Å². The monoisotopic (exact) mass is 210 g/mol. The lowest BCUT2D eigenvalue weighted by atomic mass is 10.1. The van der Waals surface area contributed by atoms with Crippen LogP contribution in [0, 0.1) is 10.1 Å². The van der Waals surface area contributed by atoms with E-state index < -0.39 is 4.92 Å². The van der Waals surface area contributed by atoms with E-state index in [1.165, 1.54) is 12.1 Å². The molecule has 0 heterocycles. The number of nitro benzene ring substituents is 1. The number of aromatic hydroxyl groups is 1. The van der Waals surface area contributed by atoms with Crippen LogP contribution < -0.4 is 5.73 Å². The Bertz CT molecular complexity index is 364. The zero-order chi connectivity index (χ0) is 11.4. The number of nitro groups is 1. The Kier molecular flexibility index (Phi) is 3.62. The molecule has 3 N–H and O–H groups in total. The highest BCUT2D eigenvalue weighted by Crippen LogP contribution is 2.26. The standard InChI is InChI=1S/C10H14N2O3/c1-7(11)2-3-8-4-5-10(13)9(6-8)12(14)15/h4-7,13H,2-3,11H2,1H3/t7-/m1/s1. The first-order valence-electron chi connectivity index (χ1n) is 4.72. The predicted molar refractivity (Wildman–Crippen MR) is 56.7 cm³/mol. The van der Waals surface area contributed by atoms with Crippen molar-refractivity contribution in [3.8, 4) is 5.75 Å². The zero-order valence-corrected chi connectivity index (χ0v) is 8.51. The van der Waals surface area contributed by atoms with Crippen LogP contribution in [-0.2, 0) is 6.42 Å². The lowest BCUT2D eigenvalue weighted by Gasteiger charge is -2.05. The first kappa shape index (κ1) is 11.5. The average molecular weight is 210 g/mol. The Morgan fingerprint density at radius 3 is 2.80 bits per heavy atom. The molecule has 0 saturated heterocycles. The molecule has 0 aliphatic heterocycles. The van der Waals surface area contributed by atoms with E-state index in [1.807, 2.05) is 6.92 Å². The van der Waals surface area contributed by atoms with Crippen molar-refractivity contribution in [3.05, 3.63) is 33.9 Å². The second kappa shape index (κ2) is 4.75. The first-order chi connectivity index (χ1) is 7.00. The summed E-state index contributed by atoms with van der Waals surface area (Å²) in [6.07, 6.45) is 1.45. The predicted octanol–water partition coefficient (Wildman–Crippen LogP) is 1.58. The van der Waals surface area contributed by atoms with E-state index in [4.69, 9.17) is 5.73 Å². The Morgan fingerprint density at radius 2 is 2.27 bits per heavy atom. The molecule has 0 aromatic heterocycles. The molecule has 1 rings (SSSR count). The maximum atomic E-state index is 10.5. The molecule has 0 spiro atoms. The van der Waals surface area contributed by atoms with Crippen LogP contribution in [-0.4, -0.2) is 16.1 Å². The molecule has 1 atom stereocenters. The van der Waals surface area contributed by atoms with Gasteiger partial charge in [-0.05, 0) is 31.4 Å². The van der Waals surface area contributed by atoms with Gasteiger partial charge in [-0.1, -0.05) is 6.07 Å². The molecule has 0 fully saturated rings. The third kappa shape index (κ3) is 3.21. The van der Waals surface area contributed by atoms with E-state index in [-0.39, 0.29) is 17.5 Å². The van der Waals surface area contributed by atoms with Crippen molar-refractivity contribution in [1.29, 1.82) is 0 Å². The van der Waals surface area contributed by atoms with Crippen molar-refractivity contribution in [2.75, 3.05) is 0 Å². The summed E-state index contributed by atoms with van der Waals surface area (Å²) in [4.78, 5) is 9.94. The number of phenolic OH excluding ortho intramolecular Hbond substituents is 1. The number of hydrogen-bond acceptors (Lipinski definition) is 4. The smallest absolute Gasteiger partial charge is 0.310 e. The molecule has 1 aromatic carbocycles. The molecule has 15 heavy (non-hydrogen) atoms. The van der Waals surface area contributed by atoms with Crippen LogP contribution >= 0.6 is 0 Å². The van der Waals surface area contributed by atoms with Crippen LogP contribution in [0.5, 0.6) is 5.75 Å². The van der Waals surface area contributed by atoms with E-state index in [0.29, 0.717) is 6.42 Å². The number of rotatable bonds is 4. The molecular formula is C10H14N2O3. The van der Waals surface area contributed by atoms with E-state index in [2.05, 4.69) is 0 Å². The Morgan fingerprint density at radius 1 is 1.60 bits per heavy atom. The molecule has 0 saturated carbocycles. The normalized spacial score (nSPS) is 12.4. The second-order valence-electron chi connectivity index (χ2n) is 3.60. The van der Waals surface area contributed by atoms with E-state index in [9.17, 15) is 15.2 Å². The van der Waals surface area contributed by atoms with Crippen LogP contribution in [0.1, 0.15) is 18.9 Å². The summed E-state index contributed by atoms with van der Waals surface area (Å²) in [5.41, 5.74) is 6.15. The van der Waals surface area contributed by atoms with Crippen LogP contribution in [0.25, 0.3) is 0 Å². The first-order valence-corrected chi connectivity index (χ1v) is 4.72. The summed E-state index contributed by atoms with van der Waals surface area (Å²) in [6.45, 7) is 1.88. The van der Waals surface area contributed by atoms with Gasteiger partial charge in [0.25, 0.3) is 0 Å². The van der Waals surface area contributed by atoms with Gasteiger partial charge in [0.15, 0.2) is 5.75 Å². The minimum atomic E-state index is -0.593. The lowest BCUT2D eigenvalue weighted by molar-refractivity contribution is -0.385. The van der Waals surface area contributed by atoms with Gasteiger partial charge in [0, 0.05) is 12.1 Å². The van der Waals surface area contributed by atoms with Gasteiger partial charge < -0.3 is 10.8 Å². The highest BCUT2D eigenvalue weighted by molar-refractivity contribution is 5.47. The maximum absolute atomic E-state index is 10.5. The van der Waals surface area contributed by atoms with Crippen molar-refractivity contribution in [2.45, 2.75) is 25.8 Å². The fraction of sp³-hybridized carbons (Fsp3) is 0.400. The molecule has 82 valence electrons. The van der Waals surface area contributed by atoms with Crippen LogP contribution in [0.2, 0.25) is 0 Å². The lowest BCUT2D eigenvalue weighted by Crippen LogP contribution is -2.15. The highest BCUT2D eigenvalue weighted by atomic mass is 16.6. The molecular weight excluding hydrogens is 196 g/mol. The van der Waals surface area contributed by atoms with Gasteiger partial charge in [0.1, 0.15) is 0 Å². The summed E-state index contributed by atoms with van der Waals surface area (Å²) in [6, 6.07) is 4.47. The summed E-state index contributed by atoms with van der Waals surface area (Å²) in [5.74, 6) is -0.301. The van der Waals surface area contributed by atoms with E-state index in [1.54, 1.807) is 6.07 Å². The Balaban J connectivity index is 2.83. The van der Waals surface area contributed by atoms with Gasteiger partial charge in [0.2, 0.25) is 0 Å². The summed E-state index contributed by atoms with van der Waals surface area (Å²) in [5, 5.41) is 19.7. The van der Waals surface area contributed by atoms with Crippen molar-refractivity contribution in [3.63, 3.8) is 0 Å². The van der Waals surface area contributed by atoms with Crippen LogP contribution in [0.3, 0.4) is 0 Å². The third-order valence-electron chi connectivity index (χ3n) is 2.12. The fourth-order valence-corrected chi connectivity index (χ4v) is 1.27. The minimum Gasteiger partial charge on any atom is -0.502 e. The number of nitrogens with zero attached hydrogens (tertiary/aromatic N) is 1. The van der Waals surface area contributed by atoms with Crippen molar-refractivity contribution >= 4 is 5.69 Å². The second-order valence-corrected chi connectivity index (χ2v) is 3.60. The van der Waals surface area contributed by atoms with Crippen LogP contribution in [0.15, 0.2) is 18.2 Å². The van der Waals surface area contributed by atoms with Gasteiger partial charge in [-0.15, -0.1) is 0 Å². The summed E-state index contributed by atoms with van der Waals surface area (Å²) < 4.78 is 0. The molecule has 0 aliphatic rings. The molecule has 0 bridgehead atoms. The maximum Gasteiger partial charge on any atom is 0.310 e. The highest BCUT2D eigenvalue weighted by Gasteiger charge is 2.13. The Labute approximate surface area is 87.7 Å². The quantitative estimate of drug-likeness (QED) is 0.583. The molecule has 0 amide bonds. The summed E-state index contributed by atoms with van der Waals surface area (Å²) >= 11 is 0. The third-order valence-corrected chi connectivity index (χ3v) is 2.12. The zero-order valence-electron chi connectivity index (χ0n) is 8.51. The number of hydrogen-bond donors (Lipinski definition) is 2. The number of aryl methyl sites for hydroxylation is 1. The number of benzene rings is 1. The average Bonchev–Trinajstić information content (AvgIpc) is 2.16. The largest absolute Gasteiger partial charge is 0.502 e. The van der Waals surface area contributed by atoms with Crippen molar-refractivity contribution in [1.82, 2.24) is 0 Å². The molecule has 0 aliphatic carbocycles. The SMILES string of the molecule is C[C@@H](N)CCc1ccc(O)c([N+](=O)[O-])c1. The molecule has 5 heteroatoms. The summed E-state index contributed by atoms with van der Waals surface area (Å²) in [7, 11) is 0. The minimum absolute atomic E-state index is 0.0675. The van der Waals surface area contributed by atoms with Gasteiger partial charge in [-0.3, -0.25) is 10.1 Å². The molecule has 0 radical (unpaired) electrons.